The maximum atomic E-state index is 13.2. The fourth-order valence-corrected chi connectivity index (χ4v) is 10.0. The van der Waals surface area contributed by atoms with Crippen LogP contribution in [0, 0.1) is 0 Å². The Morgan fingerprint density at radius 1 is 0.416 bits per heavy atom. The van der Waals surface area contributed by atoms with Gasteiger partial charge in [0.15, 0.2) is 24.6 Å². The fourth-order valence-electron chi connectivity index (χ4n) is 10.0. The Hall–Kier alpha value is -2.80. The molecule has 0 amide bonds. The summed E-state index contributed by atoms with van der Waals surface area (Å²) in [5, 5.41) is 31.6. The number of carbonyl (C=O) groups is 4. The number of hydrogen-bond acceptors (Lipinski definition) is 11. The fraction of sp³-hybridized carbons (Fsp3) is 0.877. The summed E-state index contributed by atoms with van der Waals surface area (Å²) >= 11 is 0. The number of carbonyl (C=O) groups excluding carboxylic acids is 3. The van der Waals surface area contributed by atoms with Gasteiger partial charge in [-0.2, -0.15) is 0 Å². The van der Waals surface area contributed by atoms with E-state index in [4.69, 9.17) is 23.7 Å². The van der Waals surface area contributed by atoms with E-state index in [2.05, 4.69) is 45.1 Å². The first kappa shape index (κ1) is 72.2. The van der Waals surface area contributed by atoms with E-state index < -0.39 is 67.3 Å². The summed E-state index contributed by atoms with van der Waals surface area (Å²) < 4.78 is 28.5. The number of aliphatic carboxylic acids is 1. The molecule has 0 aromatic carbocycles. The molecular formula is C65H118O12. The molecule has 1 fully saturated rings. The van der Waals surface area contributed by atoms with Gasteiger partial charge in [-0.3, -0.25) is 14.4 Å². The van der Waals surface area contributed by atoms with Crippen molar-refractivity contribution >= 4 is 23.9 Å². The van der Waals surface area contributed by atoms with E-state index in [1.54, 1.807) is 0 Å². The lowest BCUT2D eigenvalue weighted by molar-refractivity contribution is -0.301. The highest BCUT2D eigenvalue weighted by atomic mass is 16.7. The third-order valence-electron chi connectivity index (χ3n) is 15.0. The van der Waals surface area contributed by atoms with Crippen LogP contribution in [0.4, 0.5) is 0 Å². The Morgan fingerprint density at radius 3 is 1.10 bits per heavy atom. The van der Waals surface area contributed by atoms with Crippen molar-refractivity contribution in [1.29, 1.82) is 0 Å². The summed E-state index contributed by atoms with van der Waals surface area (Å²) in [6, 6.07) is 0. The molecule has 6 atom stereocenters. The summed E-state index contributed by atoms with van der Waals surface area (Å²) in [5.74, 6) is -3.10. The van der Waals surface area contributed by atoms with Crippen LogP contribution < -0.4 is 0 Å². The molecule has 1 rings (SSSR count). The van der Waals surface area contributed by atoms with Gasteiger partial charge in [-0.05, 0) is 70.6 Å². The molecule has 3 N–H and O–H groups in total. The van der Waals surface area contributed by atoms with Crippen LogP contribution in [0.25, 0.3) is 0 Å². The zero-order valence-corrected chi connectivity index (χ0v) is 49.7. The average molecular weight is 1090 g/mol. The highest BCUT2D eigenvalue weighted by molar-refractivity contribution is 5.74. The maximum Gasteiger partial charge on any atom is 0.335 e. The topological polar surface area (TPSA) is 175 Å². The molecule has 1 aliphatic rings. The van der Waals surface area contributed by atoms with E-state index in [1.807, 2.05) is 0 Å². The Bertz CT molecular complexity index is 1430. The first-order valence-electron chi connectivity index (χ1n) is 32.3. The standard InChI is InChI=1S/C65H118O12/c1-4-7-10-13-16-19-22-25-28-29-32-35-38-41-44-47-50-53-59(68)76-63-61(70)60(69)62(64(71)72)77-65(63)74-55-56(75-58(67)52-49-46-43-40-37-34-31-27-24-21-18-15-12-9-6-3)54-73-57(66)51-48-45-42-39-36-33-30-26-23-20-17-14-11-8-5-2/h25-26,28,30,56,60-63,65,69-70H,4-24,27,29,31-55H2,1-3H3,(H,71,72)/b28-25-,30-26-. The molecule has 0 spiro atoms. The van der Waals surface area contributed by atoms with Crippen LogP contribution in [0.1, 0.15) is 316 Å². The number of hydrogen-bond donors (Lipinski definition) is 3. The van der Waals surface area contributed by atoms with Crippen molar-refractivity contribution in [2.45, 2.75) is 353 Å². The van der Waals surface area contributed by atoms with Gasteiger partial charge >= 0.3 is 23.9 Å². The number of allylic oxidation sites excluding steroid dienone is 4. The van der Waals surface area contributed by atoms with E-state index in [0.29, 0.717) is 19.3 Å². The van der Waals surface area contributed by atoms with E-state index in [0.717, 1.165) is 89.9 Å². The molecule has 12 nitrogen and oxygen atoms in total. The molecule has 1 heterocycles. The number of carboxylic acid groups (broad SMARTS) is 1. The second-order valence-corrected chi connectivity index (χ2v) is 22.4. The number of rotatable bonds is 56. The monoisotopic (exact) mass is 1090 g/mol. The Kier molecular flexibility index (Phi) is 50.5. The minimum atomic E-state index is -1.90. The van der Waals surface area contributed by atoms with Gasteiger partial charge < -0.3 is 39.0 Å². The summed E-state index contributed by atoms with van der Waals surface area (Å²) in [5.41, 5.74) is 0. The van der Waals surface area contributed by atoms with E-state index in [1.165, 1.54) is 167 Å². The van der Waals surface area contributed by atoms with Crippen molar-refractivity contribution in [2.24, 2.45) is 0 Å². The predicted molar refractivity (Wildman–Crippen MR) is 313 cm³/mol. The van der Waals surface area contributed by atoms with Crippen LogP contribution in [0.5, 0.6) is 0 Å². The number of unbranched alkanes of at least 4 members (excludes halogenated alkanes) is 38. The SMILES string of the molecule is CCCCCCCC/C=C\CCCCCCCCCC(=O)OC1C(OCC(COC(=O)CCCCCCC/C=C\CCCCCCCC)OC(=O)CCCCCCCCCCCCCCCCC)OC(C(=O)O)C(O)C1O. The van der Waals surface area contributed by atoms with Crippen LogP contribution in [0.15, 0.2) is 24.3 Å². The van der Waals surface area contributed by atoms with E-state index in [-0.39, 0.29) is 25.9 Å². The molecule has 0 aromatic rings. The minimum absolute atomic E-state index is 0.0595. The van der Waals surface area contributed by atoms with E-state index >= 15 is 0 Å². The van der Waals surface area contributed by atoms with Gasteiger partial charge in [-0.25, -0.2) is 4.79 Å². The number of aliphatic hydroxyl groups excluding tert-OH is 2. The van der Waals surface area contributed by atoms with Crippen LogP contribution in [-0.4, -0.2) is 89.2 Å². The molecular weight excluding hydrogens is 973 g/mol. The van der Waals surface area contributed by atoms with Gasteiger partial charge in [0, 0.05) is 19.3 Å². The Morgan fingerprint density at radius 2 is 0.740 bits per heavy atom. The summed E-state index contributed by atoms with van der Waals surface area (Å²) in [6.07, 6.45) is 49.9. The molecule has 1 aliphatic heterocycles. The molecule has 1 saturated heterocycles. The number of esters is 3. The van der Waals surface area contributed by atoms with Gasteiger partial charge in [0.1, 0.15) is 18.8 Å². The largest absolute Gasteiger partial charge is 0.479 e. The van der Waals surface area contributed by atoms with Crippen molar-refractivity contribution in [3.8, 4) is 0 Å². The molecule has 12 heteroatoms. The highest BCUT2D eigenvalue weighted by Gasteiger charge is 2.50. The molecule has 0 aliphatic carbocycles. The molecule has 0 saturated carbocycles. The molecule has 0 aromatic heterocycles. The molecule has 450 valence electrons. The quantitative estimate of drug-likeness (QED) is 0.0228. The lowest BCUT2D eigenvalue weighted by Crippen LogP contribution is -2.61. The lowest BCUT2D eigenvalue weighted by Gasteiger charge is -2.40. The lowest BCUT2D eigenvalue weighted by atomic mass is 9.98. The first-order chi connectivity index (χ1) is 37.6. The summed E-state index contributed by atoms with van der Waals surface area (Å²) in [4.78, 5) is 51.3. The van der Waals surface area contributed by atoms with Crippen LogP contribution in [0.2, 0.25) is 0 Å². The normalized spacial score (nSPS) is 18.1. The number of ether oxygens (including phenoxy) is 5. The van der Waals surface area contributed by atoms with Crippen molar-refractivity contribution in [1.82, 2.24) is 0 Å². The maximum absolute atomic E-state index is 13.2. The summed E-state index contributed by atoms with van der Waals surface area (Å²) in [7, 11) is 0. The van der Waals surface area contributed by atoms with Crippen LogP contribution in [0.3, 0.4) is 0 Å². The second kappa shape index (κ2) is 53.8. The van der Waals surface area contributed by atoms with Crippen molar-refractivity contribution in [2.75, 3.05) is 13.2 Å². The minimum Gasteiger partial charge on any atom is -0.479 e. The van der Waals surface area contributed by atoms with Crippen LogP contribution >= 0.6 is 0 Å². The highest BCUT2D eigenvalue weighted by Crippen LogP contribution is 2.27. The van der Waals surface area contributed by atoms with E-state index in [9.17, 15) is 34.5 Å². The molecule has 0 radical (unpaired) electrons. The van der Waals surface area contributed by atoms with Gasteiger partial charge in [0.25, 0.3) is 0 Å². The third-order valence-corrected chi connectivity index (χ3v) is 15.0. The molecule has 6 unspecified atom stereocenters. The molecule has 0 bridgehead atoms. The van der Waals surface area contributed by atoms with Gasteiger partial charge in [0.05, 0.1) is 6.61 Å². The third kappa shape index (κ3) is 43.7. The number of aliphatic hydroxyl groups is 2. The molecule has 77 heavy (non-hydrogen) atoms. The first-order valence-corrected chi connectivity index (χ1v) is 32.3. The van der Waals surface area contributed by atoms with Crippen LogP contribution in [-0.2, 0) is 42.9 Å². The van der Waals surface area contributed by atoms with Crippen molar-refractivity contribution in [3.63, 3.8) is 0 Å². The smallest absolute Gasteiger partial charge is 0.335 e. The Labute approximate surface area is 470 Å². The van der Waals surface area contributed by atoms with Gasteiger partial charge in [0.2, 0.25) is 0 Å². The average Bonchev–Trinajstić information content (AvgIpc) is 3.43. The Balaban J connectivity index is 2.65. The zero-order valence-electron chi connectivity index (χ0n) is 49.7. The van der Waals surface area contributed by atoms with Crippen molar-refractivity contribution in [3.05, 3.63) is 24.3 Å². The van der Waals surface area contributed by atoms with Crippen molar-refractivity contribution < 1.29 is 58.2 Å². The zero-order chi connectivity index (χ0) is 56.1. The second-order valence-electron chi connectivity index (χ2n) is 22.4. The van der Waals surface area contributed by atoms with Gasteiger partial charge in [-0.15, -0.1) is 0 Å². The van der Waals surface area contributed by atoms with Gasteiger partial charge in [-0.1, -0.05) is 251 Å². The summed E-state index contributed by atoms with van der Waals surface area (Å²) in [6.45, 7) is 6.02. The predicted octanol–water partition coefficient (Wildman–Crippen LogP) is 17.0. The number of carboxylic acids is 1.